The summed E-state index contributed by atoms with van der Waals surface area (Å²) in [6.07, 6.45) is 9.72. The highest BCUT2D eigenvalue weighted by Gasteiger charge is 2.12. The maximum absolute atomic E-state index is 11.7. The summed E-state index contributed by atoms with van der Waals surface area (Å²) in [5, 5.41) is 0. The molecule has 1 aromatic rings. The summed E-state index contributed by atoms with van der Waals surface area (Å²) in [5.41, 5.74) is 7.63. The third kappa shape index (κ3) is 6.61. The second-order valence-electron chi connectivity index (χ2n) is 5.67. The molecule has 0 aromatic heterocycles. The molecule has 0 fully saturated rings. The zero-order valence-corrected chi connectivity index (χ0v) is 13.5. The van der Waals surface area contributed by atoms with Crippen LogP contribution >= 0.6 is 0 Å². The van der Waals surface area contributed by atoms with E-state index in [1.165, 1.54) is 24.8 Å². The Labute approximate surface area is 129 Å². The predicted octanol–water partition coefficient (Wildman–Crippen LogP) is 4.95. The second-order valence-corrected chi connectivity index (χ2v) is 5.67. The number of rotatable bonds is 10. The lowest BCUT2D eigenvalue weighted by atomic mass is 9.90. The van der Waals surface area contributed by atoms with Gasteiger partial charge in [-0.2, -0.15) is 0 Å². The molecule has 1 amide bonds. The van der Waals surface area contributed by atoms with Gasteiger partial charge in [-0.1, -0.05) is 75.9 Å². The van der Waals surface area contributed by atoms with Crippen molar-refractivity contribution in [3.63, 3.8) is 0 Å². The van der Waals surface area contributed by atoms with Gasteiger partial charge >= 0.3 is 0 Å². The van der Waals surface area contributed by atoms with Crippen LogP contribution in [-0.2, 0) is 4.79 Å². The van der Waals surface area contributed by atoms with Gasteiger partial charge in [-0.3, -0.25) is 4.79 Å². The first kappa shape index (κ1) is 17.5. The van der Waals surface area contributed by atoms with Crippen molar-refractivity contribution in [3.05, 3.63) is 47.5 Å². The van der Waals surface area contributed by atoms with Gasteiger partial charge in [0.25, 0.3) is 0 Å². The normalized spacial score (nSPS) is 13.1. The van der Waals surface area contributed by atoms with Gasteiger partial charge in [-0.05, 0) is 24.8 Å². The number of benzene rings is 1. The topological polar surface area (TPSA) is 43.1 Å². The number of carbonyl (C=O) groups excluding carboxylic acids is 1. The molecule has 0 aliphatic heterocycles. The Hall–Kier alpha value is -1.57. The van der Waals surface area contributed by atoms with Crippen molar-refractivity contribution in [2.45, 2.75) is 64.7 Å². The van der Waals surface area contributed by atoms with Gasteiger partial charge in [-0.25, -0.2) is 0 Å². The summed E-state index contributed by atoms with van der Waals surface area (Å²) in [4.78, 5) is 11.7. The Bertz CT molecular complexity index is 436. The average molecular weight is 287 g/mol. The summed E-state index contributed by atoms with van der Waals surface area (Å²) in [6, 6.07) is 10.4. The monoisotopic (exact) mass is 287 g/mol. The fourth-order valence-corrected chi connectivity index (χ4v) is 2.56. The van der Waals surface area contributed by atoms with Crippen molar-refractivity contribution in [3.8, 4) is 0 Å². The van der Waals surface area contributed by atoms with Gasteiger partial charge in [-0.15, -0.1) is 0 Å². The maximum Gasteiger partial charge on any atom is 0.244 e. The van der Waals surface area contributed by atoms with Crippen LogP contribution in [-0.4, -0.2) is 5.91 Å². The molecule has 0 heterocycles. The van der Waals surface area contributed by atoms with Crippen molar-refractivity contribution in [1.29, 1.82) is 0 Å². The maximum atomic E-state index is 11.7. The van der Waals surface area contributed by atoms with Gasteiger partial charge in [0, 0.05) is 11.5 Å². The summed E-state index contributed by atoms with van der Waals surface area (Å²) in [5.74, 6) is 0.0389. The Morgan fingerprint density at radius 2 is 1.76 bits per heavy atom. The van der Waals surface area contributed by atoms with E-state index in [4.69, 9.17) is 5.73 Å². The first-order chi connectivity index (χ1) is 10.2. The highest BCUT2D eigenvalue weighted by Crippen LogP contribution is 2.26. The number of amides is 1. The van der Waals surface area contributed by atoms with E-state index in [9.17, 15) is 4.79 Å². The second kappa shape index (κ2) is 10.2. The lowest BCUT2D eigenvalue weighted by molar-refractivity contribution is -0.114. The Morgan fingerprint density at radius 1 is 1.10 bits per heavy atom. The van der Waals surface area contributed by atoms with Crippen LogP contribution in [0.3, 0.4) is 0 Å². The minimum absolute atomic E-state index is 0.264. The number of hydrogen-bond acceptors (Lipinski definition) is 1. The zero-order valence-electron chi connectivity index (χ0n) is 13.5. The van der Waals surface area contributed by atoms with E-state index >= 15 is 0 Å². The number of primary amides is 1. The van der Waals surface area contributed by atoms with Gasteiger partial charge < -0.3 is 5.73 Å². The van der Waals surface area contributed by atoms with Crippen LogP contribution in [0.25, 0.3) is 0 Å². The standard InChI is InChI=1S/C19H29NO/c1-3-5-8-14-17(16-12-9-7-10-13-16)15-18(19(20)21)11-6-4-2/h7,9-10,12-13,15,17H,3-6,8,11,14H2,1-2H3,(H2,20,21). The third-order valence-electron chi connectivity index (χ3n) is 3.86. The number of carbonyl (C=O) groups is 1. The van der Waals surface area contributed by atoms with Crippen LogP contribution < -0.4 is 5.73 Å². The fourth-order valence-electron chi connectivity index (χ4n) is 2.56. The first-order valence-electron chi connectivity index (χ1n) is 8.24. The highest BCUT2D eigenvalue weighted by atomic mass is 16.1. The van der Waals surface area contributed by atoms with E-state index in [0.29, 0.717) is 5.92 Å². The molecule has 2 nitrogen and oxygen atoms in total. The van der Waals surface area contributed by atoms with Crippen LogP contribution in [0.1, 0.15) is 70.3 Å². The molecule has 0 bridgehead atoms. The molecule has 0 radical (unpaired) electrons. The van der Waals surface area contributed by atoms with E-state index in [1.54, 1.807) is 0 Å². The third-order valence-corrected chi connectivity index (χ3v) is 3.86. The molecule has 116 valence electrons. The SMILES string of the molecule is CCCCCC(C=C(CCCC)C(N)=O)c1ccccc1. The quantitative estimate of drug-likeness (QED) is 0.480. The zero-order chi connectivity index (χ0) is 15.5. The number of nitrogens with two attached hydrogens (primary N) is 1. The van der Waals surface area contributed by atoms with E-state index in [-0.39, 0.29) is 5.91 Å². The van der Waals surface area contributed by atoms with Crippen molar-refractivity contribution in [1.82, 2.24) is 0 Å². The van der Waals surface area contributed by atoms with E-state index in [2.05, 4.69) is 44.2 Å². The lowest BCUT2D eigenvalue weighted by Crippen LogP contribution is -2.15. The molecule has 1 rings (SSSR count). The predicted molar refractivity (Wildman–Crippen MR) is 90.1 cm³/mol. The van der Waals surface area contributed by atoms with Crippen LogP contribution in [0.5, 0.6) is 0 Å². The smallest absolute Gasteiger partial charge is 0.244 e. The molecule has 1 aromatic carbocycles. The molecule has 2 heteroatoms. The summed E-state index contributed by atoms with van der Waals surface area (Å²) in [7, 11) is 0. The Kier molecular flexibility index (Phi) is 8.49. The van der Waals surface area contributed by atoms with Gasteiger partial charge in [0.1, 0.15) is 0 Å². The van der Waals surface area contributed by atoms with E-state index < -0.39 is 0 Å². The van der Waals surface area contributed by atoms with Crippen molar-refractivity contribution < 1.29 is 4.79 Å². The highest BCUT2D eigenvalue weighted by molar-refractivity contribution is 5.92. The Morgan fingerprint density at radius 3 is 2.33 bits per heavy atom. The summed E-state index contributed by atoms with van der Waals surface area (Å²) < 4.78 is 0. The van der Waals surface area contributed by atoms with E-state index in [1.807, 2.05) is 6.07 Å². The summed E-state index contributed by atoms with van der Waals surface area (Å²) in [6.45, 7) is 4.35. The van der Waals surface area contributed by atoms with Crippen LogP contribution in [0, 0.1) is 0 Å². The van der Waals surface area contributed by atoms with Gasteiger partial charge in [0.2, 0.25) is 5.91 Å². The van der Waals surface area contributed by atoms with Crippen LogP contribution in [0.15, 0.2) is 42.0 Å². The number of unbranched alkanes of at least 4 members (excludes halogenated alkanes) is 3. The van der Waals surface area contributed by atoms with Crippen molar-refractivity contribution in [2.75, 3.05) is 0 Å². The first-order valence-corrected chi connectivity index (χ1v) is 8.24. The molecule has 2 N–H and O–H groups in total. The minimum Gasteiger partial charge on any atom is -0.366 e. The number of allylic oxidation sites excluding steroid dienone is 1. The molecule has 0 aliphatic rings. The molecule has 0 saturated heterocycles. The molecule has 21 heavy (non-hydrogen) atoms. The lowest BCUT2D eigenvalue weighted by Gasteiger charge is -2.15. The van der Waals surface area contributed by atoms with Gasteiger partial charge in [0.05, 0.1) is 0 Å². The largest absolute Gasteiger partial charge is 0.366 e. The number of hydrogen-bond donors (Lipinski definition) is 1. The van der Waals surface area contributed by atoms with Crippen molar-refractivity contribution >= 4 is 5.91 Å². The van der Waals surface area contributed by atoms with Crippen LogP contribution in [0.4, 0.5) is 0 Å². The van der Waals surface area contributed by atoms with Gasteiger partial charge in [0.15, 0.2) is 0 Å². The summed E-state index contributed by atoms with van der Waals surface area (Å²) >= 11 is 0. The molecular weight excluding hydrogens is 258 g/mol. The van der Waals surface area contributed by atoms with Crippen molar-refractivity contribution in [2.24, 2.45) is 5.73 Å². The van der Waals surface area contributed by atoms with Crippen LogP contribution in [0.2, 0.25) is 0 Å². The molecule has 1 atom stereocenters. The molecular formula is C19H29NO. The Balaban J connectivity index is 2.90. The minimum atomic E-state index is -0.264. The fraction of sp³-hybridized carbons (Fsp3) is 0.526. The molecule has 0 saturated carbocycles. The average Bonchev–Trinajstić information content (AvgIpc) is 2.50. The molecule has 1 unspecified atom stereocenters. The molecule has 0 aliphatic carbocycles. The molecule has 0 spiro atoms. The van der Waals surface area contributed by atoms with E-state index in [0.717, 1.165) is 31.3 Å².